The number of piperidine rings is 1. The molecule has 1 amide bonds. The zero-order valence-electron chi connectivity index (χ0n) is 12.7. The molecule has 1 aromatic carbocycles. The zero-order valence-corrected chi connectivity index (χ0v) is 12.7. The van der Waals surface area contributed by atoms with Gasteiger partial charge in [0.15, 0.2) is 5.69 Å². The fraction of sp³-hybridized carbons (Fsp3) is 0.412. The van der Waals surface area contributed by atoms with Crippen LogP contribution in [0.1, 0.15) is 30.3 Å². The number of nitrogens with two attached hydrogens (primary N) is 1. The van der Waals surface area contributed by atoms with E-state index in [1.165, 1.54) is 6.26 Å². The summed E-state index contributed by atoms with van der Waals surface area (Å²) in [4.78, 5) is 18.7. The third-order valence-corrected chi connectivity index (χ3v) is 4.31. The number of oxazole rings is 1. The van der Waals surface area contributed by atoms with E-state index in [-0.39, 0.29) is 11.9 Å². The topological polar surface area (TPSA) is 72.4 Å². The molecule has 0 bridgehead atoms. The van der Waals surface area contributed by atoms with Crippen LogP contribution in [0.2, 0.25) is 0 Å². The average molecular weight is 299 g/mol. The SMILES string of the molecule is CC(N)C1CCN(C(=O)c2coc(-c3ccccc3)n2)CC1. The van der Waals surface area contributed by atoms with Gasteiger partial charge in [0.05, 0.1) is 0 Å². The van der Waals surface area contributed by atoms with Gasteiger partial charge in [0.2, 0.25) is 5.89 Å². The predicted molar refractivity (Wildman–Crippen MR) is 84.2 cm³/mol. The smallest absolute Gasteiger partial charge is 0.275 e. The lowest BCUT2D eigenvalue weighted by Gasteiger charge is -2.33. The monoisotopic (exact) mass is 299 g/mol. The molecule has 2 aromatic rings. The number of amides is 1. The summed E-state index contributed by atoms with van der Waals surface area (Å²) in [5.74, 6) is 0.921. The first kappa shape index (κ1) is 14.8. The number of likely N-dealkylation sites (tertiary alicyclic amines) is 1. The van der Waals surface area contributed by atoms with Gasteiger partial charge in [-0.05, 0) is 37.8 Å². The Morgan fingerprint density at radius 3 is 2.64 bits per heavy atom. The number of rotatable bonds is 3. The van der Waals surface area contributed by atoms with E-state index in [1.807, 2.05) is 42.2 Å². The molecule has 22 heavy (non-hydrogen) atoms. The third-order valence-electron chi connectivity index (χ3n) is 4.31. The van der Waals surface area contributed by atoms with Crippen LogP contribution >= 0.6 is 0 Å². The van der Waals surface area contributed by atoms with Crippen molar-refractivity contribution in [2.45, 2.75) is 25.8 Å². The Balaban J connectivity index is 1.68. The van der Waals surface area contributed by atoms with Gasteiger partial charge in [0.1, 0.15) is 6.26 Å². The van der Waals surface area contributed by atoms with E-state index in [0.717, 1.165) is 31.5 Å². The van der Waals surface area contributed by atoms with Crippen LogP contribution in [-0.4, -0.2) is 34.9 Å². The van der Waals surface area contributed by atoms with Crippen molar-refractivity contribution < 1.29 is 9.21 Å². The molecular formula is C17H21N3O2. The van der Waals surface area contributed by atoms with Crippen molar-refractivity contribution in [3.63, 3.8) is 0 Å². The van der Waals surface area contributed by atoms with E-state index < -0.39 is 0 Å². The summed E-state index contributed by atoms with van der Waals surface area (Å²) in [5.41, 5.74) is 7.18. The standard InChI is InChI=1S/C17H21N3O2/c1-12(18)13-7-9-20(10-8-13)17(21)15-11-22-16(19-15)14-5-3-2-4-6-14/h2-6,11-13H,7-10,18H2,1H3. The first-order chi connectivity index (χ1) is 10.6. The average Bonchev–Trinajstić information content (AvgIpc) is 3.05. The maximum Gasteiger partial charge on any atom is 0.275 e. The van der Waals surface area contributed by atoms with Gasteiger partial charge in [0.25, 0.3) is 5.91 Å². The van der Waals surface area contributed by atoms with Crippen LogP contribution < -0.4 is 5.73 Å². The molecule has 0 spiro atoms. The Morgan fingerprint density at radius 1 is 1.32 bits per heavy atom. The number of nitrogens with zero attached hydrogens (tertiary/aromatic N) is 2. The minimum Gasteiger partial charge on any atom is -0.444 e. The number of hydrogen-bond donors (Lipinski definition) is 1. The molecule has 0 saturated carbocycles. The molecule has 1 aromatic heterocycles. The summed E-state index contributed by atoms with van der Waals surface area (Å²) >= 11 is 0. The van der Waals surface area contributed by atoms with E-state index in [4.69, 9.17) is 10.2 Å². The lowest BCUT2D eigenvalue weighted by atomic mass is 9.91. The van der Waals surface area contributed by atoms with Gasteiger partial charge in [-0.25, -0.2) is 4.98 Å². The van der Waals surface area contributed by atoms with Crippen LogP contribution in [0.15, 0.2) is 41.0 Å². The predicted octanol–water partition coefficient (Wildman–Crippen LogP) is 2.54. The van der Waals surface area contributed by atoms with Gasteiger partial charge in [0, 0.05) is 24.7 Å². The first-order valence-corrected chi connectivity index (χ1v) is 7.71. The number of carbonyl (C=O) groups is 1. The molecule has 1 atom stereocenters. The molecule has 2 heterocycles. The molecule has 5 nitrogen and oxygen atoms in total. The van der Waals surface area contributed by atoms with E-state index >= 15 is 0 Å². The summed E-state index contributed by atoms with van der Waals surface area (Å²) in [5, 5.41) is 0. The van der Waals surface area contributed by atoms with Crippen molar-refractivity contribution >= 4 is 5.91 Å². The molecular weight excluding hydrogens is 278 g/mol. The van der Waals surface area contributed by atoms with Crippen LogP contribution in [0.5, 0.6) is 0 Å². The minimum absolute atomic E-state index is 0.0611. The van der Waals surface area contributed by atoms with Gasteiger partial charge in [-0.1, -0.05) is 18.2 Å². The molecule has 0 radical (unpaired) electrons. The first-order valence-electron chi connectivity index (χ1n) is 7.71. The quantitative estimate of drug-likeness (QED) is 0.945. The molecule has 0 aliphatic carbocycles. The van der Waals surface area contributed by atoms with E-state index in [1.54, 1.807) is 0 Å². The largest absolute Gasteiger partial charge is 0.444 e. The maximum atomic E-state index is 12.5. The second-order valence-corrected chi connectivity index (χ2v) is 5.89. The highest BCUT2D eigenvalue weighted by Gasteiger charge is 2.27. The van der Waals surface area contributed by atoms with Crippen LogP contribution in [0.25, 0.3) is 11.5 Å². The third kappa shape index (κ3) is 3.04. The second kappa shape index (κ2) is 6.32. The Kier molecular flexibility index (Phi) is 4.24. The van der Waals surface area contributed by atoms with Crippen molar-refractivity contribution in [3.8, 4) is 11.5 Å². The summed E-state index contributed by atoms with van der Waals surface area (Å²) in [6.07, 6.45) is 3.35. The Bertz CT molecular complexity index is 628. The molecule has 1 unspecified atom stereocenters. The maximum absolute atomic E-state index is 12.5. The van der Waals surface area contributed by atoms with Crippen LogP contribution in [-0.2, 0) is 0 Å². The van der Waals surface area contributed by atoms with Gasteiger partial charge < -0.3 is 15.1 Å². The number of carbonyl (C=O) groups excluding carboxylic acids is 1. The van der Waals surface area contributed by atoms with Crippen LogP contribution in [0, 0.1) is 5.92 Å². The molecule has 1 saturated heterocycles. The van der Waals surface area contributed by atoms with E-state index in [2.05, 4.69) is 4.98 Å². The van der Waals surface area contributed by atoms with Gasteiger partial charge in [-0.3, -0.25) is 4.79 Å². The lowest BCUT2D eigenvalue weighted by Crippen LogP contribution is -2.42. The number of benzene rings is 1. The molecule has 3 rings (SSSR count). The fourth-order valence-corrected chi connectivity index (χ4v) is 2.88. The van der Waals surface area contributed by atoms with Gasteiger partial charge in [-0.15, -0.1) is 0 Å². The van der Waals surface area contributed by atoms with E-state index in [9.17, 15) is 4.79 Å². The summed E-state index contributed by atoms with van der Waals surface area (Å²) in [6, 6.07) is 9.78. The molecule has 1 aliphatic rings. The van der Waals surface area contributed by atoms with Crippen LogP contribution in [0.4, 0.5) is 0 Å². The lowest BCUT2D eigenvalue weighted by molar-refractivity contribution is 0.0675. The summed E-state index contributed by atoms with van der Waals surface area (Å²) in [6.45, 7) is 3.50. The molecule has 2 N–H and O–H groups in total. The highest BCUT2D eigenvalue weighted by molar-refractivity contribution is 5.92. The van der Waals surface area contributed by atoms with Gasteiger partial charge >= 0.3 is 0 Å². The highest BCUT2D eigenvalue weighted by Crippen LogP contribution is 2.22. The molecule has 1 fully saturated rings. The second-order valence-electron chi connectivity index (χ2n) is 5.89. The highest BCUT2D eigenvalue weighted by atomic mass is 16.3. The van der Waals surface area contributed by atoms with Crippen molar-refractivity contribution in [2.75, 3.05) is 13.1 Å². The summed E-state index contributed by atoms with van der Waals surface area (Å²) < 4.78 is 5.44. The van der Waals surface area contributed by atoms with Crippen molar-refractivity contribution in [3.05, 3.63) is 42.3 Å². The Labute approximate surface area is 130 Å². The number of hydrogen-bond acceptors (Lipinski definition) is 4. The fourth-order valence-electron chi connectivity index (χ4n) is 2.88. The van der Waals surface area contributed by atoms with Crippen LogP contribution in [0.3, 0.4) is 0 Å². The Morgan fingerprint density at radius 2 is 2.00 bits per heavy atom. The molecule has 1 aliphatic heterocycles. The van der Waals surface area contributed by atoms with Crippen molar-refractivity contribution in [1.29, 1.82) is 0 Å². The Hall–Kier alpha value is -2.14. The zero-order chi connectivity index (χ0) is 15.5. The minimum atomic E-state index is -0.0611. The normalized spacial score (nSPS) is 17.5. The molecule has 116 valence electrons. The number of aromatic nitrogens is 1. The van der Waals surface area contributed by atoms with Crippen molar-refractivity contribution in [1.82, 2.24) is 9.88 Å². The molecule has 5 heteroatoms. The van der Waals surface area contributed by atoms with Gasteiger partial charge in [-0.2, -0.15) is 0 Å². The summed E-state index contributed by atoms with van der Waals surface area (Å²) in [7, 11) is 0. The van der Waals surface area contributed by atoms with E-state index in [0.29, 0.717) is 17.5 Å². The van der Waals surface area contributed by atoms with Crippen molar-refractivity contribution in [2.24, 2.45) is 11.7 Å².